The number of hydrogen-bond acceptors (Lipinski definition) is 6. The lowest BCUT2D eigenvalue weighted by atomic mass is 10.2. The zero-order valence-corrected chi connectivity index (χ0v) is 17.0. The molecule has 2 aliphatic heterocycles. The maximum atomic E-state index is 12.2. The Bertz CT molecular complexity index is 719. The number of rotatable bonds is 5. The van der Waals surface area contributed by atoms with Crippen molar-refractivity contribution in [1.82, 2.24) is 10.2 Å². The third-order valence-electron chi connectivity index (χ3n) is 4.78. The minimum atomic E-state index is -0.343. The Hall–Kier alpha value is -2.55. The summed E-state index contributed by atoms with van der Waals surface area (Å²) in [4.78, 5) is 30.2. The highest BCUT2D eigenvalue weighted by Crippen LogP contribution is 2.25. The van der Waals surface area contributed by atoms with Crippen molar-refractivity contribution < 1.29 is 19.1 Å². The molecule has 2 heterocycles. The molecule has 2 aliphatic rings. The topological polar surface area (TPSA) is 74.3 Å². The second-order valence-electron chi connectivity index (χ2n) is 6.74. The Morgan fingerprint density at radius 3 is 2.46 bits per heavy atom. The summed E-state index contributed by atoms with van der Waals surface area (Å²) in [6.45, 7) is 7.76. The molecule has 0 bridgehead atoms. The van der Waals surface area contributed by atoms with E-state index in [0.717, 1.165) is 24.5 Å². The summed E-state index contributed by atoms with van der Waals surface area (Å²) in [5.41, 5.74) is 1.87. The monoisotopic (exact) mass is 406 g/mol. The molecule has 8 nitrogen and oxygen atoms in total. The molecule has 2 saturated heterocycles. The van der Waals surface area contributed by atoms with Crippen LogP contribution in [0.1, 0.15) is 13.8 Å². The lowest BCUT2D eigenvalue weighted by Gasteiger charge is -2.35. The molecule has 1 atom stereocenters. The van der Waals surface area contributed by atoms with E-state index < -0.39 is 0 Å². The van der Waals surface area contributed by atoms with Crippen molar-refractivity contribution in [3.63, 3.8) is 0 Å². The molecule has 2 amide bonds. The van der Waals surface area contributed by atoms with E-state index in [1.54, 1.807) is 16.7 Å². The normalized spacial score (nSPS) is 19.4. The van der Waals surface area contributed by atoms with E-state index in [-0.39, 0.29) is 18.3 Å². The van der Waals surface area contributed by atoms with E-state index in [1.807, 2.05) is 31.2 Å². The smallest absolute Gasteiger partial charge is 0.414 e. The van der Waals surface area contributed by atoms with Crippen LogP contribution in [0.5, 0.6) is 0 Å². The first kappa shape index (κ1) is 20.2. The van der Waals surface area contributed by atoms with Crippen LogP contribution in [-0.4, -0.2) is 74.1 Å². The van der Waals surface area contributed by atoms with Crippen LogP contribution in [0.15, 0.2) is 24.3 Å². The summed E-state index contributed by atoms with van der Waals surface area (Å²) in [6, 6.07) is 7.84. The van der Waals surface area contributed by atoms with Gasteiger partial charge in [-0.2, -0.15) is 0 Å². The largest absolute Gasteiger partial charge is 0.450 e. The summed E-state index contributed by atoms with van der Waals surface area (Å²) in [5.74, 6) is 0. The molecule has 1 aromatic rings. The third kappa shape index (κ3) is 4.83. The molecule has 0 saturated carbocycles. The molecule has 1 N–H and O–H groups in total. The number of piperazine rings is 1. The van der Waals surface area contributed by atoms with Crippen molar-refractivity contribution in [3.8, 4) is 0 Å². The first-order valence-electron chi connectivity index (χ1n) is 9.47. The molecule has 0 aliphatic carbocycles. The van der Waals surface area contributed by atoms with Crippen molar-refractivity contribution in [3.05, 3.63) is 24.3 Å². The number of anilines is 2. The Morgan fingerprint density at radius 1 is 1.21 bits per heavy atom. The van der Waals surface area contributed by atoms with Gasteiger partial charge >= 0.3 is 12.2 Å². The number of thiocarbonyl (C=S) groups is 1. The maximum Gasteiger partial charge on any atom is 0.414 e. The highest BCUT2D eigenvalue weighted by Gasteiger charge is 2.32. The van der Waals surface area contributed by atoms with Crippen LogP contribution < -0.4 is 15.1 Å². The average Bonchev–Trinajstić information content (AvgIpc) is 3.07. The molecule has 0 radical (unpaired) electrons. The van der Waals surface area contributed by atoms with Crippen molar-refractivity contribution in [2.45, 2.75) is 20.0 Å². The van der Waals surface area contributed by atoms with Gasteiger partial charge in [0.25, 0.3) is 0 Å². The lowest BCUT2D eigenvalue weighted by molar-refractivity contribution is 0.105. The average molecular weight is 407 g/mol. The van der Waals surface area contributed by atoms with Crippen LogP contribution in [0.25, 0.3) is 0 Å². The SMILES string of the molecule is CCOC(=O)N1CCN(c2ccc(N3CC(CNC(C)=S)OC3=O)cc2)CC1. The second kappa shape index (κ2) is 9.09. The van der Waals surface area contributed by atoms with Gasteiger partial charge in [-0.25, -0.2) is 9.59 Å². The number of carbonyl (C=O) groups is 2. The van der Waals surface area contributed by atoms with Gasteiger partial charge in [0.15, 0.2) is 0 Å². The summed E-state index contributed by atoms with van der Waals surface area (Å²) in [5, 5.41) is 3.04. The molecule has 2 fully saturated rings. The van der Waals surface area contributed by atoms with Crippen molar-refractivity contribution >= 4 is 40.8 Å². The standard InChI is InChI=1S/C19H26N4O4S/c1-3-26-18(24)22-10-8-21(9-11-22)15-4-6-16(7-5-15)23-13-17(27-19(23)25)12-20-14(2)28/h4-7,17H,3,8-13H2,1-2H3,(H,20,28). The van der Waals surface area contributed by atoms with Gasteiger partial charge in [0.05, 0.1) is 24.7 Å². The zero-order chi connectivity index (χ0) is 20.1. The zero-order valence-electron chi connectivity index (χ0n) is 16.2. The molecule has 3 rings (SSSR count). The van der Waals surface area contributed by atoms with Crippen LogP contribution in [-0.2, 0) is 9.47 Å². The number of cyclic esters (lactones) is 1. The molecule has 9 heteroatoms. The van der Waals surface area contributed by atoms with Gasteiger partial charge in [-0.3, -0.25) is 4.90 Å². The van der Waals surface area contributed by atoms with Crippen molar-refractivity contribution in [1.29, 1.82) is 0 Å². The van der Waals surface area contributed by atoms with Gasteiger partial charge < -0.3 is 24.6 Å². The number of benzene rings is 1. The predicted octanol–water partition coefficient (Wildman–Crippen LogP) is 2.23. The maximum absolute atomic E-state index is 12.2. The van der Waals surface area contributed by atoms with Crippen molar-refractivity contribution in [2.24, 2.45) is 0 Å². The van der Waals surface area contributed by atoms with E-state index in [4.69, 9.17) is 21.7 Å². The highest BCUT2D eigenvalue weighted by atomic mass is 32.1. The fraction of sp³-hybridized carbons (Fsp3) is 0.526. The highest BCUT2D eigenvalue weighted by molar-refractivity contribution is 7.80. The first-order chi connectivity index (χ1) is 13.5. The van der Waals surface area contributed by atoms with Crippen LogP contribution in [0.2, 0.25) is 0 Å². The van der Waals surface area contributed by atoms with Crippen LogP contribution >= 0.6 is 12.2 Å². The number of amides is 2. The molecule has 0 spiro atoms. The Labute approximate surface area is 170 Å². The van der Waals surface area contributed by atoms with Gasteiger partial charge in [-0.1, -0.05) is 12.2 Å². The quantitative estimate of drug-likeness (QED) is 0.752. The summed E-state index contributed by atoms with van der Waals surface area (Å²) in [7, 11) is 0. The third-order valence-corrected chi connectivity index (χ3v) is 4.93. The molecule has 0 aromatic heterocycles. The van der Waals surface area contributed by atoms with Crippen LogP contribution in [0.3, 0.4) is 0 Å². The van der Waals surface area contributed by atoms with Gasteiger partial charge in [-0.05, 0) is 38.1 Å². The van der Waals surface area contributed by atoms with Crippen LogP contribution in [0.4, 0.5) is 21.0 Å². The van der Waals surface area contributed by atoms with Gasteiger partial charge in [0, 0.05) is 37.6 Å². The van der Waals surface area contributed by atoms with Gasteiger partial charge in [0.1, 0.15) is 6.10 Å². The Balaban J connectivity index is 1.55. The van der Waals surface area contributed by atoms with Gasteiger partial charge in [-0.15, -0.1) is 0 Å². The number of carbonyl (C=O) groups excluding carboxylic acids is 2. The minimum Gasteiger partial charge on any atom is -0.450 e. The number of nitrogens with one attached hydrogen (secondary N) is 1. The molecule has 1 aromatic carbocycles. The molecule has 28 heavy (non-hydrogen) atoms. The first-order valence-corrected chi connectivity index (χ1v) is 9.88. The van der Waals surface area contributed by atoms with E-state index >= 15 is 0 Å². The lowest BCUT2D eigenvalue weighted by Crippen LogP contribution is -2.49. The molecule has 1 unspecified atom stereocenters. The van der Waals surface area contributed by atoms with E-state index in [9.17, 15) is 9.59 Å². The van der Waals surface area contributed by atoms with E-state index in [2.05, 4.69) is 10.2 Å². The van der Waals surface area contributed by atoms with Gasteiger partial charge in [0.2, 0.25) is 0 Å². The van der Waals surface area contributed by atoms with Crippen LogP contribution in [0, 0.1) is 0 Å². The summed E-state index contributed by atoms with van der Waals surface area (Å²) in [6.07, 6.45) is -0.816. The minimum absolute atomic E-state index is 0.221. The Morgan fingerprint density at radius 2 is 1.86 bits per heavy atom. The predicted molar refractivity (Wildman–Crippen MR) is 111 cm³/mol. The fourth-order valence-corrected chi connectivity index (χ4v) is 3.38. The number of hydrogen-bond donors (Lipinski definition) is 1. The molecular formula is C19H26N4O4S. The number of nitrogens with zero attached hydrogens (tertiary/aromatic N) is 3. The van der Waals surface area contributed by atoms with E-state index in [1.165, 1.54) is 0 Å². The number of ether oxygens (including phenoxy) is 2. The second-order valence-corrected chi connectivity index (χ2v) is 7.36. The summed E-state index contributed by atoms with van der Waals surface area (Å²) >= 11 is 4.99. The molecular weight excluding hydrogens is 380 g/mol. The fourth-order valence-electron chi connectivity index (χ4n) is 3.30. The van der Waals surface area contributed by atoms with E-state index in [0.29, 0.717) is 37.8 Å². The Kier molecular flexibility index (Phi) is 6.56. The summed E-state index contributed by atoms with van der Waals surface area (Å²) < 4.78 is 10.4. The molecule has 152 valence electrons. The van der Waals surface area contributed by atoms with Crippen molar-refractivity contribution in [2.75, 3.05) is 55.7 Å².